The summed E-state index contributed by atoms with van der Waals surface area (Å²) in [5.74, 6) is 0. The second-order valence-corrected chi connectivity index (χ2v) is 2.97. The van der Waals surface area contributed by atoms with Crippen LogP contribution in [0.4, 0.5) is 0 Å². The lowest BCUT2D eigenvalue weighted by Crippen LogP contribution is -1.92. The molecular weight excluding hydrogens is 150 g/mol. The van der Waals surface area contributed by atoms with E-state index in [2.05, 4.69) is 24.5 Å². The van der Waals surface area contributed by atoms with E-state index >= 15 is 0 Å². The third-order valence-corrected chi connectivity index (χ3v) is 2.22. The van der Waals surface area contributed by atoms with E-state index in [1.807, 2.05) is 13.1 Å². The molecule has 66 valence electrons. The van der Waals surface area contributed by atoms with Gasteiger partial charge in [-0.05, 0) is 25.5 Å². The fourth-order valence-electron chi connectivity index (χ4n) is 1.23. The molecule has 0 fully saturated rings. The topological polar surface area (TPSA) is 25.2 Å². The number of hydrogen-bond donors (Lipinski definition) is 1. The summed E-state index contributed by atoms with van der Waals surface area (Å²) in [4.78, 5) is 0. The van der Waals surface area contributed by atoms with Crippen LogP contribution < -0.4 is 0 Å². The van der Waals surface area contributed by atoms with E-state index in [4.69, 9.17) is 5.11 Å². The van der Waals surface area contributed by atoms with Crippen molar-refractivity contribution in [3.8, 4) is 0 Å². The Kier molecular flexibility index (Phi) is 2.71. The third-order valence-electron chi connectivity index (χ3n) is 2.22. The van der Waals surface area contributed by atoms with E-state index in [1.54, 1.807) is 6.08 Å². The zero-order chi connectivity index (χ0) is 9.14. The van der Waals surface area contributed by atoms with Crippen LogP contribution in [0, 0.1) is 13.8 Å². The summed E-state index contributed by atoms with van der Waals surface area (Å²) >= 11 is 0. The highest BCUT2D eigenvalue weighted by Crippen LogP contribution is 2.14. The second-order valence-electron chi connectivity index (χ2n) is 2.97. The first-order valence-corrected chi connectivity index (χ1v) is 4.07. The molecule has 0 aliphatic rings. The van der Waals surface area contributed by atoms with Crippen LogP contribution >= 0.6 is 0 Å². The number of aliphatic hydroxyl groups is 1. The summed E-state index contributed by atoms with van der Waals surface area (Å²) in [6.07, 6.45) is 3.70. The number of aliphatic hydroxyl groups excluding tert-OH is 1. The van der Waals surface area contributed by atoms with Crippen molar-refractivity contribution in [2.24, 2.45) is 7.05 Å². The summed E-state index contributed by atoms with van der Waals surface area (Å²) < 4.78 is 2.14. The Hall–Kier alpha value is -1.02. The molecule has 0 saturated heterocycles. The molecule has 1 rings (SSSR count). The Bertz CT molecular complexity index is 297. The molecule has 0 bridgehead atoms. The Labute approximate surface area is 73.1 Å². The Morgan fingerprint density at radius 3 is 2.58 bits per heavy atom. The second kappa shape index (κ2) is 3.59. The summed E-state index contributed by atoms with van der Waals surface area (Å²) in [7, 11) is 2.04. The number of nitrogens with zero attached hydrogens (tertiary/aromatic N) is 1. The molecule has 1 aromatic rings. The molecule has 0 amide bonds. The molecule has 0 radical (unpaired) electrons. The van der Waals surface area contributed by atoms with Gasteiger partial charge in [0.1, 0.15) is 0 Å². The molecule has 1 aromatic heterocycles. The summed E-state index contributed by atoms with van der Waals surface area (Å²) in [5.41, 5.74) is 3.66. The minimum absolute atomic E-state index is 0.105. The monoisotopic (exact) mass is 165 g/mol. The summed E-state index contributed by atoms with van der Waals surface area (Å²) in [6, 6.07) is 2.11. The quantitative estimate of drug-likeness (QED) is 0.708. The predicted molar refractivity (Wildman–Crippen MR) is 51.0 cm³/mol. The van der Waals surface area contributed by atoms with Crippen LogP contribution in [0.5, 0.6) is 0 Å². The van der Waals surface area contributed by atoms with Crippen molar-refractivity contribution in [1.29, 1.82) is 0 Å². The van der Waals surface area contributed by atoms with Crippen LogP contribution in [0.3, 0.4) is 0 Å². The average Bonchev–Trinajstić information content (AvgIpc) is 2.30. The van der Waals surface area contributed by atoms with Gasteiger partial charge in [0.05, 0.1) is 6.61 Å². The van der Waals surface area contributed by atoms with Crippen LogP contribution in [-0.2, 0) is 7.05 Å². The lowest BCUT2D eigenvalue weighted by Gasteiger charge is -1.98. The zero-order valence-electron chi connectivity index (χ0n) is 7.83. The first kappa shape index (κ1) is 9.07. The normalized spacial score (nSPS) is 11.3. The van der Waals surface area contributed by atoms with E-state index in [0.717, 1.165) is 0 Å². The van der Waals surface area contributed by atoms with Crippen molar-refractivity contribution in [3.05, 3.63) is 29.1 Å². The number of rotatable bonds is 2. The predicted octanol–water partition coefficient (Wildman–Crippen LogP) is 1.65. The van der Waals surface area contributed by atoms with Gasteiger partial charge in [0.25, 0.3) is 0 Å². The first-order chi connectivity index (χ1) is 5.66. The molecule has 0 atom stereocenters. The van der Waals surface area contributed by atoms with Crippen molar-refractivity contribution in [1.82, 2.24) is 4.57 Å². The largest absolute Gasteiger partial charge is 0.392 e. The smallest absolute Gasteiger partial charge is 0.0615 e. The lowest BCUT2D eigenvalue weighted by atomic mass is 10.2. The van der Waals surface area contributed by atoms with Gasteiger partial charge in [-0.15, -0.1) is 0 Å². The van der Waals surface area contributed by atoms with Gasteiger partial charge in [-0.3, -0.25) is 0 Å². The fraction of sp³-hybridized carbons (Fsp3) is 0.400. The van der Waals surface area contributed by atoms with Crippen molar-refractivity contribution < 1.29 is 5.11 Å². The lowest BCUT2D eigenvalue weighted by molar-refractivity contribution is 0.343. The minimum atomic E-state index is 0.105. The maximum absolute atomic E-state index is 8.60. The summed E-state index contributed by atoms with van der Waals surface area (Å²) in [6.45, 7) is 4.25. The molecule has 0 unspecified atom stereocenters. The summed E-state index contributed by atoms with van der Waals surface area (Å²) in [5, 5.41) is 8.60. The molecule has 12 heavy (non-hydrogen) atoms. The zero-order valence-corrected chi connectivity index (χ0v) is 7.83. The SMILES string of the molecule is Cc1cc(C=CCO)c(C)n1C. The number of aryl methyl sites for hydroxylation is 1. The molecule has 1 N–H and O–H groups in total. The van der Waals surface area contributed by atoms with E-state index in [9.17, 15) is 0 Å². The van der Waals surface area contributed by atoms with Crippen molar-refractivity contribution in [3.63, 3.8) is 0 Å². The van der Waals surface area contributed by atoms with Crippen LogP contribution in [0.15, 0.2) is 12.1 Å². The first-order valence-electron chi connectivity index (χ1n) is 4.07. The molecular formula is C10H15NO. The Morgan fingerprint density at radius 1 is 1.50 bits per heavy atom. The van der Waals surface area contributed by atoms with Crippen LogP contribution in [0.2, 0.25) is 0 Å². The molecule has 2 nitrogen and oxygen atoms in total. The van der Waals surface area contributed by atoms with E-state index in [0.29, 0.717) is 0 Å². The van der Waals surface area contributed by atoms with Crippen LogP contribution in [0.25, 0.3) is 6.08 Å². The van der Waals surface area contributed by atoms with E-state index in [-0.39, 0.29) is 6.61 Å². The van der Waals surface area contributed by atoms with Gasteiger partial charge in [0.2, 0.25) is 0 Å². The molecule has 0 aliphatic heterocycles. The van der Waals surface area contributed by atoms with Crippen molar-refractivity contribution in [2.45, 2.75) is 13.8 Å². The van der Waals surface area contributed by atoms with Gasteiger partial charge in [0.15, 0.2) is 0 Å². The number of aromatic nitrogens is 1. The molecule has 0 spiro atoms. The van der Waals surface area contributed by atoms with E-state index < -0.39 is 0 Å². The van der Waals surface area contributed by atoms with Crippen molar-refractivity contribution in [2.75, 3.05) is 6.61 Å². The molecule has 0 aliphatic carbocycles. The van der Waals surface area contributed by atoms with Gasteiger partial charge in [-0.2, -0.15) is 0 Å². The third kappa shape index (κ3) is 1.59. The van der Waals surface area contributed by atoms with E-state index in [1.165, 1.54) is 17.0 Å². The standard InChI is InChI=1S/C10H15NO/c1-8-7-10(5-4-6-12)9(2)11(8)3/h4-5,7,12H,6H2,1-3H3. The molecule has 0 aromatic carbocycles. The molecule has 1 heterocycles. The Balaban J connectivity index is 3.01. The highest BCUT2D eigenvalue weighted by atomic mass is 16.2. The number of hydrogen-bond acceptors (Lipinski definition) is 1. The van der Waals surface area contributed by atoms with Gasteiger partial charge in [0, 0.05) is 18.4 Å². The maximum atomic E-state index is 8.60. The highest BCUT2D eigenvalue weighted by Gasteiger charge is 2.01. The van der Waals surface area contributed by atoms with Crippen LogP contribution in [0.1, 0.15) is 17.0 Å². The molecule has 2 heteroatoms. The van der Waals surface area contributed by atoms with Crippen molar-refractivity contribution >= 4 is 6.08 Å². The van der Waals surface area contributed by atoms with Gasteiger partial charge >= 0.3 is 0 Å². The fourth-order valence-corrected chi connectivity index (χ4v) is 1.23. The molecule has 0 saturated carbocycles. The maximum Gasteiger partial charge on any atom is 0.0615 e. The average molecular weight is 165 g/mol. The Morgan fingerprint density at radius 2 is 2.17 bits per heavy atom. The van der Waals surface area contributed by atoms with Gasteiger partial charge < -0.3 is 9.67 Å². The van der Waals surface area contributed by atoms with Gasteiger partial charge in [-0.1, -0.05) is 12.2 Å². The minimum Gasteiger partial charge on any atom is -0.392 e. The van der Waals surface area contributed by atoms with Gasteiger partial charge in [-0.25, -0.2) is 0 Å². The highest BCUT2D eigenvalue weighted by molar-refractivity contribution is 5.53. The van der Waals surface area contributed by atoms with Crippen LogP contribution in [-0.4, -0.2) is 16.3 Å².